The Labute approximate surface area is 94.5 Å². The molecule has 2 heterocycles. The number of aromatic nitrogens is 2. The molecule has 0 unspecified atom stereocenters. The third-order valence-corrected chi connectivity index (χ3v) is 2.48. The van der Waals surface area contributed by atoms with E-state index in [0.717, 1.165) is 18.7 Å². The van der Waals surface area contributed by atoms with Gasteiger partial charge in [0, 0.05) is 25.2 Å². The predicted molar refractivity (Wildman–Crippen MR) is 56.9 cm³/mol. The number of nitrogens with zero attached hydrogens (tertiary/aromatic N) is 3. The second-order valence-corrected chi connectivity index (χ2v) is 3.72. The van der Waals surface area contributed by atoms with Crippen molar-refractivity contribution in [3.05, 3.63) is 18.0 Å². The fourth-order valence-electron chi connectivity index (χ4n) is 1.64. The van der Waals surface area contributed by atoms with E-state index < -0.39 is 0 Å². The first-order valence-electron chi connectivity index (χ1n) is 5.37. The normalized spacial score (nSPS) is 15.6. The monoisotopic (exact) mass is 220 g/mol. The molecule has 2 rings (SSSR count). The molecule has 0 aromatic carbocycles. The van der Waals surface area contributed by atoms with E-state index >= 15 is 0 Å². The molecule has 0 spiro atoms. The molecule has 1 aliphatic heterocycles. The largest absolute Gasteiger partial charge is 0.462 e. The second kappa shape index (κ2) is 4.92. The molecule has 5 nitrogen and oxygen atoms in total. The van der Waals surface area contributed by atoms with E-state index in [2.05, 4.69) is 16.0 Å². The Hall–Kier alpha value is -1.65. The molecule has 0 saturated carbocycles. The second-order valence-electron chi connectivity index (χ2n) is 3.72. The molecule has 1 saturated heterocycles. The van der Waals surface area contributed by atoms with Crippen molar-refractivity contribution in [2.75, 3.05) is 19.7 Å². The molecule has 1 fully saturated rings. The number of hydrogen-bond donors (Lipinski definition) is 0. The number of rotatable bonds is 4. The summed E-state index contributed by atoms with van der Waals surface area (Å²) in [6.07, 6.45) is 3.16. The van der Waals surface area contributed by atoms with Gasteiger partial charge in [0.05, 0.1) is 12.2 Å². The summed E-state index contributed by atoms with van der Waals surface area (Å²) in [4.78, 5) is 21.1. The fourth-order valence-corrected chi connectivity index (χ4v) is 1.64. The van der Waals surface area contributed by atoms with Gasteiger partial charge < -0.3 is 9.64 Å². The fraction of sp³-hybridized carbons (Fsp3) is 0.545. The first-order chi connectivity index (χ1) is 7.75. The van der Waals surface area contributed by atoms with Crippen molar-refractivity contribution in [1.82, 2.24) is 14.9 Å². The van der Waals surface area contributed by atoms with Gasteiger partial charge in [-0.3, -0.25) is 4.79 Å². The summed E-state index contributed by atoms with van der Waals surface area (Å²) in [5.41, 5.74) is 0.752. The molecular formula is C11H14N3O2. The molecule has 0 atom stereocenters. The van der Waals surface area contributed by atoms with Crippen LogP contribution in [-0.2, 0) is 4.79 Å². The topological polar surface area (TPSA) is 55.3 Å². The maximum absolute atomic E-state index is 11.3. The zero-order valence-corrected chi connectivity index (χ0v) is 9.27. The number of hydrogen-bond acceptors (Lipinski definition) is 4. The predicted octanol–water partition coefficient (Wildman–Crippen LogP) is 0.586. The van der Waals surface area contributed by atoms with Crippen LogP contribution in [0, 0.1) is 13.0 Å². The van der Waals surface area contributed by atoms with Crippen molar-refractivity contribution in [1.29, 1.82) is 0 Å². The third kappa shape index (κ3) is 2.68. The molecule has 0 N–H and O–H groups in total. The van der Waals surface area contributed by atoms with Crippen molar-refractivity contribution in [2.45, 2.75) is 19.8 Å². The quantitative estimate of drug-likeness (QED) is 0.745. The lowest BCUT2D eigenvalue weighted by Gasteiger charge is -2.14. The van der Waals surface area contributed by atoms with Gasteiger partial charge in [-0.05, 0) is 13.3 Å². The Kier molecular flexibility index (Phi) is 3.34. The van der Waals surface area contributed by atoms with Crippen molar-refractivity contribution in [3.8, 4) is 6.01 Å². The van der Waals surface area contributed by atoms with Crippen LogP contribution in [0.25, 0.3) is 0 Å². The maximum atomic E-state index is 11.3. The lowest BCUT2D eigenvalue weighted by atomic mass is 10.4. The third-order valence-electron chi connectivity index (χ3n) is 2.48. The van der Waals surface area contributed by atoms with Crippen LogP contribution in [0.5, 0.6) is 6.01 Å². The van der Waals surface area contributed by atoms with Gasteiger partial charge in [0.1, 0.15) is 6.61 Å². The minimum atomic E-state index is 0.210. The maximum Gasteiger partial charge on any atom is 0.316 e. The average Bonchev–Trinajstić information content (AvgIpc) is 2.65. The lowest BCUT2D eigenvalue weighted by molar-refractivity contribution is -0.128. The Morgan fingerprint density at radius 3 is 3.19 bits per heavy atom. The van der Waals surface area contributed by atoms with Crippen LogP contribution >= 0.6 is 0 Å². The van der Waals surface area contributed by atoms with Crippen molar-refractivity contribution in [2.24, 2.45) is 0 Å². The number of carbonyl (C=O) groups excluding carboxylic acids is 1. The van der Waals surface area contributed by atoms with E-state index in [9.17, 15) is 4.79 Å². The minimum Gasteiger partial charge on any atom is -0.462 e. The zero-order valence-electron chi connectivity index (χ0n) is 9.27. The Bertz CT molecular complexity index is 381. The van der Waals surface area contributed by atoms with Crippen molar-refractivity contribution < 1.29 is 9.53 Å². The van der Waals surface area contributed by atoms with E-state index in [1.807, 2.05) is 11.8 Å². The van der Waals surface area contributed by atoms with Crippen LogP contribution < -0.4 is 4.74 Å². The van der Waals surface area contributed by atoms with Crippen LogP contribution in [0.2, 0.25) is 0 Å². The van der Waals surface area contributed by atoms with E-state index in [1.54, 1.807) is 6.20 Å². The summed E-state index contributed by atoms with van der Waals surface area (Å²) < 4.78 is 5.36. The van der Waals surface area contributed by atoms with Gasteiger partial charge in [-0.15, -0.1) is 0 Å². The number of aryl methyl sites for hydroxylation is 1. The van der Waals surface area contributed by atoms with E-state index in [1.165, 1.54) is 0 Å². The van der Waals surface area contributed by atoms with Gasteiger partial charge in [-0.25, -0.2) is 4.98 Å². The summed E-state index contributed by atoms with van der Waals surface area (Å²) in [7, 11) is 0. The van der Waals surface area contributed by atoms with Crippen molar-refractivity contribution in [3.63, 3.8) is 0 Å². The molecule has 0 bridgehead atoms. The summed E-state index contributed by atoms with van der Waals surface area (Å²) in [6.45, 7) is 3.72. The van der Waals surface area contributed by atoms with Gasteiger partial charge in [-0.2, -0.15) is 4.98 Å². The molecule has 1 aromatic rings. The molecule has 1 radical (unpaired) electrons. The molecule has 85 valence electrons. The molecule has 5 heteroatoms. The lowest BCUT2D eigenvalue weighted by Crippen LogP contribution is -2.29. The molecule has 0 aliphatic carbocycles. The SMILES string of the molecule is Cc1[c]cnc(OCCN2CCCC2=O)n1. The summed E-state index contributed by atoms with van der Waals surface area (Å²) in [5, 5.41) is 0. The number of ether oxygens (including phenoxy) is 1. The molecular weight excluding hydrogens is 206 g/mol. The van der Waals surface area contributed by atoms with Crippen LogP contribution in [0.4, 0.5) is 0 Å². The summed E-state index contributed by atoms with van der Waals surface area (Å²) in [5.74, 6) is 0.210. The van der Waals surface area contributed by atoms with E-state index in [4.69, 9.17) is 4.74 Å². The standard InChI is InChI=1S/C11H14N3O2/c1-9-4-5-12-11(13-9)16-8-7-14-6-2-3-10(14)15/h5H,2-3,6-8H2,1H3. The van der Waals surface area contributed by atoms with Crippen LogP contribution in [0.1, 0.15) is 18.5 Å². The zero-order chi connectivity index (χ0) is 11.4. The first-order valence-corrected chi connectivity index (χ1v) is 5.37. The summed E-state index contributed by atoms with van der Waals surface area (Å²) in [6, 6.07) is 3.19. The smallest absolute Gasteiger partial charge is 0.316 e. The Morgan fingerprint density at radius 2 is 2.50 bits per heavy atom. The highest BCUT2D eigenvalue weighted by atomic mass is 16.5. The first kappa shape index (κ1) is 10.9. The minimum absolute atomic E-state index is 0.210. The highest BCUT2D eigenvalue weighted by molar-refractivity contribution is 5.78. The molecule has 1 aliphatic rings. The van der Waals surface area contributed by atoms with Gasteiger partial charge in [-0.1, -0.05) is 0 Å². The van der Waals surface area contributed by atoms with Gasteiger partial charge in [0.2, 0.25) is 5.91 Å². The summed E-state index contributed by atoms with van der Waals surface area (Å²) >= 11 is 0. The number of carbonyl (C=O) groups is 1. The molecule has 1 amide bonds. The average molecular weight is 220 g/mol. The number of amides is 1. The highest BCUT2D eigenvalue weighted by Gasteiger charge is 2.19. The number of likely N-dealkylation sites (tertiary alicyclic amines) is 1. The van der Waals surface area contributed by atoms with E-state index in [0.29, 0.717) is 25.6 Å². The Morgan fingerprint density at radius 1 is 1.62 bits per heavy atom. The van der Waals surface area contributed by atoms with Gasteiger partial charge >= 0.3 is 6.01 Å². The van der Waals surface area contributed by atoms with E-state index in [-0.39, 0.29) is 5.91 Å². The van der Waals surface area contributed by atoms with Crippen molar-refractivity contribution >= 4 is 5.91 Å². The van der Waals surface area contributed by atoms with Gasteiger partial charge in [0.25, 0.3) is 0 Å². The van der Waals surface area contributed by atoms with Crippen LogP contribution in [0.15, 0.2) is 6.20 Å². The molecule has 16 heavy (non-hydrogen) atoms. The highest BCUT2D eigenvalue weighted by Crippen LogP contribution is 2.09. The van der Waals surface area contributed by atoms with Crippen LogP contribution in [-0.4, -0.2) is 40.5 Å². The molecule has 1 aromatic heterocycles. The van der Waals surface area contributed by atoms with Crippen LogP contribution in [0.3, 0.4) is 0 Å². The Balaban J connectivity index is 1.77. The van der Waals surface area contributed by atoms with Gasteiger partial charge in [0.15, 0.2) is 0 Å².